The number of nitrogen functional groups attached to an aromatic ring is 1. The first kappa shape index (κ1) is 23.6. The van der Waals surface area contributed by atoms with Gasteiger partial charge in [-0.3, -0.25) is 9.36 Å². The average molecular weight is 487 g/mol. The van der Waals surface area contributed by atoms with E-state index < -0.39 is 46.0 Å². The van der Waals surface area contributed by atoms with Crippen LogP contribution in [0.1, 0.15) is 31.0 Å². The number of anilines is 2. The summed E-state index contributed by atoms with van der Waals surface area (Å²) in [5, 5.41) is 0. The van der Waals surface area contributed by atoms with Crippen molar-refractivity contribution in [2.45, 2.75) is 32.6 Å². The summed E-state index contributed by atoms with van der Waals surface area (Å²) in [7, 11) is 0. The number of hydrogen-bond acceptors (Lipinski definition) is 7. The first-order valence-electron chi connectivity index (χ1n) is 10.3. The Labute approximate surface area is 197 Å². The van der Waals surface area contributed by atoms with Crippen molar-refractivity contribution in [3.05, 3.63) is 75.5 Å². The molecular weight excluding hydrogens is 465 g/mol. The molecule has 0 fully saturated rings. The second-order valence-electron chi connectivity index (χ2n) is 7.95. The molecule has 11 heteroatoms. The maximum Gasteiger partial charge on any atom is 0.279 e. The molecule has 2 heterocycles. The monoisotopic (exact) mass is 486 g/mol. The van der Waals surface area contributed by atoms with Crippen LogP contribution in [0.15, 0.2) is 41.3 Å². The molecule has 2 aromatic carbocycles. The number of fused-ring (bicyclic) bond motifs is 1. The Morgan fingerprint density at radius 3 is 2.50 bits per heavy atom. The smallest absolute Gasteiger partial charge is 0.279 e. The number of halogens is 3. The molecule has 0 saturated carbocycles. The number of aromatic nitrogens is 4. The third-order valence-corrected chi connectivity index (χ3v) is 5.94. The molecule has 0 radical (unpaired) electrons. The van der Waals surface area contributed by atoms with Gasteiger partial charge in [-0.05, 0) is 44.3 Å². The van der Waals surface area contributed by atoms with Gasteiger partial charge in [0.2, 0.25) is 5.95 Å². The Hall–Kier alpha value is -3.60. The lowest BCUT2D eigenvalue weighted by atomic mass is 10.1. The Balaban J connectivity index is 1.73. The van der Waals surface area contributed by atoms with E-state index in [1.54, 1.807) is 13.8 Å². The summed E-state index contributed by atoms with van der Waals surface area (Å²) >= 11 is 1.01. The van der Waals surface area contributed by atoms with Gasteiger partial charge in [0.25, 0.3) is 5.56 Å². The van der Waals surface area contributed by atoms with Gasteiger partial charge in [0, 0.05) is 17.4 Å². The van der Waals surface area contributed by atoms with Gasteiger partial charge in [-0.2, -0.15) is 4.98 Å². The van der Waals surface area contributed by atoms with Crippen molar-refractivity contribution < 1.29 is 13.2 Å². The Morgan fingerprint density at radius 2 is 1.82 bits per heavy atom. The van der Waals surface area contributed by atoms with E-state index >= 15 is 4.39 Å². The molecule has 7 nitrogen and oxygen atoms in total. The fraction of sp³-hybridized carbons (Fsp3) is 0.217. The molecule has 0 atom stereocenters. The third-order valence-electron chi connectivity index (χ3n) is 5.11. The van der Waals surface area contributed by atoms with Crippen molar-refractivity contribution in [1.82, 2.24) is 19.5 Å². The van der Waals surface area contributed by atoms with E-state index in [4.69, 9.17) is 5.73 Å². The van der Waals surface area contributed by atoms with Crippen LogP contribution in [0.5, 0.6) is 0 Å². The molecule has 176 valence electrons. The molecule has 0 unspecified atom stereocenters. The van der Waals surface area contributed by atoms with E-state index in [1.165, 1.54) is 10.8 Å². The van der Waals surface area contributed by atoms with Gasteiger partial charge < -0.3 is 10.5 Å². The maximum atomic E-state index is 15.1. The molecule has 0 aliphatic heterocycles. The lowest BCUT2D eigenvalue weighted by Crippen LogP contribution is -2.26. The molecular formula is C23H21F3N6OS. The lowest BCUT2D eigenvalue weighted by molar-refractivity contribution is 0.502. The second-order valence-corrected chi connectivity index (χ2v) is 8.73. The van der Waals surface area contributed by atoms with Crippen LogP contribution in [-0.2, 0) is 5.75 Å². The van der Waals surface area contributed by atoms with E-state index in [0.717, 1.165) is 29.1 Å². The minimum Gasteiger partial charge on any atom is -0.368 e. The van der Waals surface area contributed by atoms with Crippen molar-refractivity contribution in [1.29, 1.82) is 0 Å². The summed E-state index contributed by atoms with van der Waals surface area (Å²) in [5.41, 5.74) is 5.47. The zero-order chi connectivity index (χ0) is 24.6. The highest BCUT2D eigenvalue weighted by Crippen LogP contribution is 2.32. The standard InChI is InChI=1S/C23H21F3N6OS/c1-11(2)32-21-16(9-28-23(27)30-21)29-19(22(32)33)14-8-15(24)20(18(26)17(14)25)31-34-10-13-6-4-12(3)5-7-13/h4-9,11,31H,10H2,1-3H3,(H2,27,28,30). The van der Waals surface area contributed by atoms with Crippen LogP contribution in [0.4, 0.5) is 24.8 Å². The fourth-order valence-corrected chi connectivity index (χ4v) is 4.17. The van der Waals surface area contributed by atoms with Crippen LogP contribution in [0.3, 0.4) is 0 Å². The first-order chi connectivity index (χ1) is 16.2. The predicted octanol–water partition coefficient (Wildman–Crippen LogP) is 5.00. The molecule has 34 heavy (non-hydrogen) atoms. The van der Waals surface area contributed by atoms with Crippen LogP contribution < -0.4 is 16.0 Å². The molecule has 4 aromatic rings. The number of nitrogens with one attached hydrogen (secondary N) is 1. The predicted molar refractivity (Wildman–Crippen MR) is 128 cm³/mol. The van der Waals surface area contributed by atoms with Crippen LogP contribution in [0, 0.1) is 24.4 Å². The number of rotatable bonds is 6. The van der Waals surface area contributed by atoms with Crippen molar-refractivity contribution in [2.75, 3.05) is 10.5 Å². The van der Waals surface area contributed by atoms with E-state index in [1.807, 2.05) is 31.2 Å². The zero-order valence-electron chi connectivity index (χ0n) is 18.6. The van der Waals surface area contributed by atoms with Crippen LogP contribution in [-0.4, -0.2) is 19.5 Å². The fourth-order valence-electron chi connectivity index (χ4n) is 3.41. The zero-order valence-corrected chi connectivity index (χ0v) is 19.4. The van der Waals surface area contributed by atoms with E-state index in [2.05, 4.69) is 19.7 Å². The van der Waals surface area contributed by atoms with Gasteiger partial charge in [-0.1, -0.05) is 29.8 Å². The molecule has 0 aliphatic carbocycles. The van der Waals surface area contributed by atoms with Gasteiger partial charge in [0.15, 0.2) is 23.1 Å². The molecule has 0 amide bonds. The van der Waals surface area contributed by atoms with E-state index in [0.29, 0.717) is 5.75 Å². The Kier molecular flexibility index (Phi) is 6.47. The minimum absolute atomic E-state index is 0.0716. The van der Waals surface area contributed by atoms with Crippen molar-refractivity contribution in [2.24, 2.45) is 0 Å². The van der Waals surface area contributed by atoms with Gasteiger partial charge >= 0.3 is 0 Å². The van der Waals surface area contributed by atoms with Gasteiger partial charge in [0.1, 0.15) is 16.9 Å². The number of nitrogens with zero attached hydrogens (tertiary/aromatic N) is 4. The molecule has 4 rings (SSSR count). The Morgan fingerprint density at radius 1 is 1.12 bits per heavy atom. The molecule has 3 N–H and O–H groups in total. The van der Waals surface area contributed by atoms with Crippen molar-refractivity contribution in [3.63, 3.8) is 0 Å². The number of aryl methyl sites for hydroxylation is 1. The molecule has 0 saturated heterocycles. The quantitative estimate of drug-likeness (QED) is 0.292. The minimum atomic E-state index is -1.45. The van der Waals surface area contributed by atoms with E-state index in [9.17, 15) is 13.6 Å². The highest BCUT2D eigenvalue weighted by Gasteiger charge is 2.25. The normalized spacial score (nSPS) is 11.4. The molecule has 0 aliphatic rings. The van der Waals surface area contributed by atoms with Crippen LogP contribution in [0.2, 0.25) is 0 Å². The number of nitrogens with two attached hydrogens (primary N) is 1. The summed E-state index contributed by atoms with van der Waals surface area (Å²) in [5.74, 6) is -3.57. The van der Waals surface area contributed by atoms with Crippen LogP contribution >= 0.6 is 11.9 Å². The SMILES string of the molecule is Cc1ccc(CSNc2c(F)cc(-c3nc4cnc(N)nc4n(C(C)C)c3=O)c(F)c2F)cc1. The topological polar surface area (TPSA) is 98.7 Å². The van der Waals surface area contributed by atoms with Gasteiger partial charge in [0.05, 0.1) is 6.20 Å². The third kappa shape index (κ3) is 4.43. The highest BCUT2D eigenvalue weighted by molar-refractivity contribution is 7.99. The summed E-state index contributed by atoms with van der Waals surface area (Å²) < 4.78 is 48.6. The molecule has 0 bridgehead atoms. The summed E-state index contributed by atoms with van der Waals surface area (Å²) in [4.78, 5) is 25.1. The van der Waals surface area contributed by atoms with E-state index in [-0.39, 0.29) is 17.1 Å². The van der Waals surface area contributed by atoms with Crippen molar-refractivity contribution in [3.8, 4) is 11.3 Å². The molecule has 0 spiro atoms. The van der Waals surface area contributed by atoms with Crippen molar-refractivity contribution >= 4 is 34.7 Å². The van der Waals surface area contributed by atoms with Gasteiger partial charge in [-0.25, -0.2) is 23.1 Å². The highest BCUT2D eigenvalue weighted by atomic mass is 32.2. The average Bonchev–Trinajstić information content (AvgIpc) is 2.79. The summed E-state index contributed by atoms with van der Waals surface area (Å²) in [6.45, 7) is 5.37. The summed E-state index contributed by atoms with van der Waals surface area (Å²) in [6.07, 6.45) is 1.27. The second kappa shape index (κ2) is 9.34. The number of hydrogen-bond donors (Lipinski definition) is 2. The summed E-state index contributed by atoms with van der Waals surface area (Å²) in [6, 6.07) is 7.97. The van der Waals surface area contributed by atoms with Gasteiger partial charge in [-0.15, -0.1) is 0 Å². The van der Waals surface area contributed by atoms with Crippen LogP contribution in [0.25, 0.3) is 22.4 Å². The molecule has 2 aromatic heterocycles. The first-order valence-corrected chi connectivity index (χ1v) is 11.3. The largest absolute Gasteiger partial charge is 0.368 e. The number of benzene rings is 2. The Bertz CT molecular complexity index is 1440. The lowest BCUT2D eigenvalue weighted by Gasteiger charge is -2.16. The maximum absolute atomic E-state index is 15.1.